The number of para-hydroxylation sites is 1. The molecule has 0 bridgehead atoms. The highest BCUT2D eigenvalue weighted by molar-refractivity contribution is 6.08. The first-order chi connectivity index (χ1) is 16.4. The molecule has 174 valence electrons. The third-order valence-electron chi connectivity index (χ3n) is 5.27. The van der Waals surface area contributed by atoms with Crippen LogP contribution in [0.5, 0.6) is 0 Å². The molecule has 3 N–H and O–H groups in total. The van der Waals surface area contributed by atoms with Crippen molar-refractivity contribution in [2.45, 2.75) is 26.3 Å². The fraction of sp³-hybridized carbons (Fsp3) is 0.200. The zero-order valence-corrected chi connectivity index (χ0v) is 18.8. The second-order valence-electron chi connectivity index (χ2n) is 7.71. The van der Waals surface area contributed by atoms with Crippen molar-refractivity contribution < 1.29 is 18.7 Å². The van der Waals surface area contributed by atoms with Crippen LogP contribution in [0.25, 0.3) is 16.9 Å². The maximum atomic E-state index is 15.1. The molecule has 4 aromatic rings. The van der Waals surface area contributed by atoms with E-state index < -0.39 is 23.7 Å². The number of carbonyl (C=O) groups is 2. The lowest BCUT2D eigenvalue weighted by Crippen LogP contribution is -2.19. The molecular weight excluding hydrogens is 437 g/mol. The SMILES string of the molecule is CCOC(=O)Cc1ccccc1NC(=O)c1nc(-c2cccc(C(C)N)c2F)nn2cccc12. The van der Waals surface area contributed by atoms with E-state index in [-0.39, 0.29) is 30.1 Å². The highest BCUT2D eigenvalue weighted by atomic mass is 19.1. The van der Waals surface area contributed by atoms with Gasteiger partial charge in [-0.25, -0.2) is 13.9 Å². The molecule has 2 aromatic heterocycles. The van der Waals surface area contributed by atoms with Crippen LogP contribution < -0.4 is 11.1 Å². The maximum absolute atomic E-state index is 15.1. The van der Waals surface area contributed by atoms with Gasteiger partial charge in [-0.15, -0.1) is 5.10 Å². The number of esters is 1. The smallest absolute Gasteiger partial charge is 0.310 e. The minimum Gasteiger partial charge on any atom is -0.466 e. The van der Waals surface area contributed by atoms with Gasteiger partial charge in [-0.1, -0.05) is 30.3 Å². The van der Waals surface area contributed by atoms with Crippen molar-refractivity contribution in [2.24, 2.45) is 5.73 Å². The number of nitrogens with zero attached hydrogens (tertiary/aromatic N) is 3. The Bertz CT molecular complexity index is 1370. The first-order valence-electron chi connectivity index (χ1n) is 10.8. The van der Waals surface area contributed by atoms with Crippen LogP contribution in [0.15, 0.2) is 60.8 Å². The summed E-state index contributed by atoms with van der Waals surface area (Å²) in [4.78, 5) is 29.7. The number of fused-ring (bicyclic) bond motifs is 1. The minimum absolute atomic E-state index is 0.00906. The second kappa shape index (κ2) is 9.80. The molecule has 0 fully saturated rings. The summed E-state index contributed by atoms with van der Waals surface area (Å²) >= 11 is 0. The van der Waals surface area contributed by atoms with Crippen LogP contribution in [0.2, 0.25) is 0 Å². The monoisotopic (exact) mass is 461 g/mol. The number of nitrogens with one attached hydrogen (secondary N) is 1. The van der Waals surface area contributed by atoms with Crippen LogP contribution >= 0.6 is 0 Å². The molecule has 2 aromatic carbocycles. The van der Waals surface area contributed by atoms with E-state index in [2.05, 4.69) is 15.4 Å². The fourth-order valence-electron chi connectivity index (χ4n) is 3.64. The molecule has 2 heterocycles. The van der Waals surface area contributed by atoms with Gasteiger partial charge in [0, 0.05) is 23.5 Å². The van der Waals surface area contributed by atoms with Crippen molar-refractivity contribution in [3.05, 3.63) is 83.4 Å². The minimum atomic E-state index is -0.532. The molecule has 0 aliphatic heterocycles. The number of benzene rings is 2. The van der Waals surface area contributed by atoms with Crippen molar-refractivity contribution in [1.82, 2.24) is 14.6 Å². The van der Waals surface area contributed by atoms with Gasteiger partial charge < -0.3 is 15.8 Å². The molecule has 1 unspecified atom stereocenters. The number of ether oxygens (including phenoxy) is 1. The van der Waals surface area contributed by atoms with E-state index in [9.17, 15) is 9.59 Å². The predicted molar refractivity (Wildman–Crippen MR) is 126 cm³/mol. The Morgan fingerprint density at radius 2 is 1.94 bits per heavy atom. The van der Waals surface area contributed by atoms with Gasteiger partial charge in [-0.05, 0) is 43.7 Å². The number of hydrogen-bond donors (Lipinski definition) is 2. The van der Waals surface area contributed by atoms with Gasteiger partial charge in [0.2, 0.25) is 0 Å². The third kappa shape index (κ3) is 4.65. The number of hydrogen-bond acceptors (Lipinski definition) is 6. The molecule has 0 radical (unpaired) electrons. The zero-order valence-electron chi connectivity index (χ0n) is 18.8. The summed E-state index contributed by atoms with van der Waals surface area (Å²) in [6.07, 6.45) is 1.66. The van der Waals surface area contributed by atoms with Crippen molar-refractivity contribution >= 4 is 23.1 Å². The van der Waals surface area contributed by atoms with E-state index >= 15 is 4.39 Å². The van der Waals surface area contributed by atoms with Crippen molar-refractivity contribution in [1.29, 1.82) is 0 Å². The topological polar surface area (TPSA) is 112 Å². The van der Waals surface area contributed by atoms with E-state index in [1.807, 2.05) is 0 Å². The predicted octanol–water partition coefficient (Wildman–Crippen LogP) is 3.91. The lowest BCUT2D eigenvalue weighted by atomic mass is 10.0. The standard InChI is InChI=1S/C25H24FN5O3/c1-3-34-21(32)14-16-8-4-5-11-19(16)28-25(33)23-20-12-7-13-31(20)30-24(29-23)18-10-6-9-17(15(2)27)22(18)26/h4-13,15H,3,14,27H2,1-2H3,(H,28,33). The highest BCUT2D eigenvalue weighted by Gasteiger charge is 2.21. The average molecular weight is 461 g/mol. The maximum Gasteiger partial charge on any atom is 0.310 e. The molecule has 0 spiro atoms. The summed E-state index contributed by atoms with van der Waals surface area (Å²) in [7, 11) is 0. The van der Waals surface area contributed by atoms with Gasteiger partial charge in [0.15, 0.2) is 11.5 Å². The van der Waals surface area contributed by atoms with E-state index in [0.717, 1.165) is 0 Å². The molecular formula is C25H24FN5O3. The number of carbonyl (C=O) groups excluding carboxylic acids is 2. The fourth-order valence-corrected chi connectivity index (χ4v) is 3.64. The average Bonchev–Trinajstić information content (AvgIpc) is 3.28. The van der Waals surface area contributed by atoms with E-state index in [4.69, 9.17) is 10.5 Å². The number of nitrogens with two attached hydrogens (primary N) is 1. The Labute approximate surface area is 195 Å². The Hall–Kier alpha value is -4.11. The van der Waals surface area contributed by atoms with Gasteiger partial charge in [0.25, 0.3) is 5.91 Å². The summed E-state index contributed by atoms with van der Waals surface area (Å²) in [5.74, 6) is -1.40. The van der Waals surface area contributed by atoms with Crippen LogP contribution in [0, 0.1) is 5.82 Å². The summed E-state index contributed by atoms with van der Waals surface area (Å²) in [6.45, 7) is 3.68. The Morgan fingerprint density at radius 3 is 2.71 bits per heavy atom. The van der Waals surface area contributed by atoms with Crippen LogP contribution in [0.1, 0.15) is 41.5 Å². The quantitative estimate of drug-likeness (QED) is 0.404. The van der Waals surface area contributed by atoms with Crippen LogP contribution in [0.3, 0.4) is 0 Å². The lowest BCUT2D eigenvalue weighted by Gasteiger charge is -2.13. The largest absolute Gasteiger partial charge is 0.466 e. The van der Waals surface area contributed by atoms with Gasteiger partial charge in [-0.2, -0.15) is 0 Å². The first kappa shape index (κ1) is 23.1. The Balaban J connectivity index is 1.73. The normalized spacial score (nSPS) is 11.9. The van der Waals surface area contributed by atoms with Crippen LogP contribution in [-0.4, -0.2) is 33.1 Å². The molecule has 4 rings (SSSR count). The van der Waals surface area contributed by atoms with Gasteiger partial charge in [-0.3, -0.25) is 9.59 Å². The Kier molecular flexibility index (Phi) is 6.65. The van der Waals surface area contributed by atoms with Crippen molar-refractivity contribution in [2.75, 3.05) is 11.9 Å². The molecule has 0 aliphatic rings. The lowest BCUT2D eigenvalue weighted by molar-refractivity contribution is -0.142. The van der Waals surface area contributed by atoms with Gasteiger partial charge in [0.1, 0.15) is 5.82 Å². The summed E-state index contributed by atoms with van der Waals surface area (Å²) in [6, 6.07) is 14.7. The molecule has 1 atom stereocenters. The molecule has 0 saturated heterocycles. The van der Waals surface area contributed by atoms with E-state index in [1.54, 1.807) is 74.6 Å². The summed E-state index contributed by atoms with van der Waals surface area (Å²) in [5, 5.41) is 7.19. The summed E-state index contributed by atoms with van der Waals surface area (Å²) < 4.78 is 21.6. The molecule has 1 amide bonds. The van der Waals surface area contributed by atoms with Crippen LogP contribution in [-0.2, 0) is 16.0 Å². The zero-order chi connectivity index (χ0) is 24.2. The molecule has 8 nitrogen and oxygen atoms in total. The van der Waals surface area contributed by atoms with Crippen molar-refractivity contribution in [3.63, 3.8) is 0 Å². The van der Waals surface area contributed by atoms with Gasteiger partial charge >= 0.3 is 5.97 Å². The first-order valence-corrected chi connectivity index (χ1v) is 10.8. The third-order valence-corrected chi connectivity index (χ3v) is 5.27. The van der Waals surface area contributed by atoms with E-state index in [0.29, 0.717) is 22.3 Å². The van der Waals surface area contributed by atoms with Crippen molar-refractivity contribution in [3.8, 4) is 11.4 Å². The molecule has 34 heavy (non-hydrogen) atoms. The highest BCUT2D eigenvalue weighted by Crippen LogP contribution is 2.26. The molecule has 0 saturated carbocycles. The Morgan fingerprint density at radius 1 is 1.15 bits per heavy atom. The molecule has 0 aliphatic carbocycles. The number of aromatic nitrogens is 3. The van der Waals surface area contributed by atoms with E-state index in [1.165, 1.54) is 4.52 Å². The second-order valence-corrected chi connectivity index (χ2v) is 7.71. The number of rotatable bonds is 7. The number of anilines is 1. The molecule has 9 heteroatoms. The number of amides is 1. The van der Waals surface area contributed by atoms with Crippen LogP contribution in [0.4, 0.5) is 10.1 Å². The summed E-state index contributed by atoms with van der Waals surface area (Å²) in [5.41, 5.74) is 7.92. The van der Waals surface area contributed by atoms with Gasteiger partial charge in [0.05, 0.1) is 24.1 Å². The number of halogens is 1.